The van der Waals surface area contributed by atoms with Gasteiger partial charge in [-0.25, -0.2) is 4.39 Å². The van der Waals surface area contributed by atoms with Crippen LogP contribution in [0.15, 0.2) is 54.3 Å². The molecule has 0 unspecified atom stereocenters. The fraction of sp³-hybridized carbons (Fsp3) is 0.143. The topological polar surface area (TPSA) is 55.4 Å². The molecule has 5 heteroatoms. The predicted octanol–water partition coefficient (Wildman–Crippen LogP) is 4.19. The average molecular weight is 349 g/mol. The number of anilines is 1. The summed E-state index contributed by atoms with van der Waals surface area (Å²) in [4.78, 5) is 23.3. The molecule has 2 aromatic carbocycles. The fourth-order valence-electron chi connectivity index (χ4n) is 3.35. The van der Waals surface area contributed by atoms with Crippen LogP contribution in [0.3, 0.4) is 0 Å². The first-order chi connectivity index (χ1) is 12.4. The number of halogens is 1. The molecule has 0 spiro atoms. The van der Waals surface area contributed by atoms with Crippen LogP contribution < -0.4 is 5.32 Å². The molecule has 0 saturated carbocycles. The van der Waals surface area contributed by atoms with Crippen LogP contribution in [0.25, 0.3) is 11.1 Å². The van der Waals surface area contributed by atoms with Crippen molar-refractivity contribution in [3.8, 4) is 0 Å². The number of rotatable bonds is 2. The molecule has 0 aromatic heterocycles. The number of fused-ring (bicyclic) bond motifs is 1. The minimum atomic E-state index is -0.645. The highest BCUT2D eigenvalue weighted by atomic mass is 19.1. The van der Waals surface area contributed by atoms with Crippen LogP contribution in [0.5, 0.6) is 0 Å². The van der Waals surface area contributed by atoms with Gasteiger partial charge in [0.1, 0.15) is 23.5 Å². The van der Waals surface area contributed by atoms with Gasteiger partial charge in [-0.3, -0.25) is 9.59 Å². The molecule has 4 rings (SSSR count). The van der Waals surface area contributed by atoms with Crippen LogP contribution in [0.1, 0.15) is 35.3 Å². The number of hydrogen-bond donors (Lipinski definition) is 1. The lowest BCUT2D eigenvalue weighted by Gasteiger charge is -2.23. The van der Waals surface area contributed by atoms with Crippen molar-refractivity contribution in [3.63, 3.8) is 0 Å². The largest absolute Gasteiger partial charge is 0.482 e. The summed E-state index contributed by atoms with van der Waals surface area (Å²) in [6.07, 6.45) is 2.63. The van der Waals surface area contributed by atoms with E-state index in [9.17, 15) is 14.0 Å². The molecule has 130 valence electrons. The van der Waals surface area contributed by atoms with Gasteiger partial charge < -0.3 is 10.1 Å². The molecule has 2 heterocycles. The molecule has 0 atom stereocenters. The first kappa shape index (κ1) is 16.3. The quantitative estimate of drug-likeness (QED) is 0.653. The normalized spacial score (nSPS) is 20.3. The number of allylic oxidation sites excluding steroid dienone is 1. The third kappa shape index (κ3) is 2.52. The number of hydrogen-bond acceptors (Lipinski definition) is 3. The maximum Gasteiger partial charge on any atom is 0.260 e. The minimum absolute atomic E-state index is 0.315. The summed E-state index contributed by atoms with van der Waals surface area (Å²) in [7, 11) is 0. The Kier molecular flexibility index (Phi) is 3.54. The second-order valence-corrected chi connectivity index (χ2v) is 6.79. The van der Waals surface area contributed by atoms with E-state index in [0.717, 1.165) is 17.4 Å². The molecule has 0 radical (unpaired) electrons. The zero-order chi connectivity index (χ0) is 18.5. The summed E-state index contributed by atoms with van der Waals surface area (Å²) in [6.45, 7) is 3.83. The second kappa shape index (κ2) is 5.66. The molecule has 1 N–H and O–H groups in total. The number of carbonyl (C=O) groups excluding carboxylic acids is 2. The Labute approximate surface area is 150 Å². The lowest BCUT2D eigenvalue weighted by molar-refractivity contribution is -0.111. The van der Waals surface area contributed by atoms with Gasteiger partial charge in [-0.15, -0.1) is 0 Å². The first-order valence-corrected chi connectivity index (χ1v) is 8.21. The fourth-order valence-corrected chi connectivity index (χ4v) is 3.35. The van der Waals surface area contributed by atoms with Crippen molar-refractivity contribution in [1.82, 2.24) is 0 Å². The van der Waals surface area contributed by atoms with E-state index in [2.05, 4.69) is 5.32 Å². The van der Waals surface area contributed by atoms with Crippen LogP contribution in [-0.2, 0) is 9.53 Å². The van der Waals surface area contributed by atoms with Crippen molar-refractivity contribution in [2.24, 2.45) is 0 Å². The van der Waals surface area contributed by atoms with E-state index < -0.39 is 11.4 Å². The molecule has 4 nitrogen and oxygen atoms in total. The van der Waals surface area contributed by atoms with Crippen molar-refractivity contribution in [2.75, 3.05) is 5.32 Å². The lowest BCUT2D eigenvalue weighted by Crippen LogP contribution is -2.21. The Morgan fingerprint density at radius 1 is 1.12 bits per heavy atom. The first-order valence-electron chi connectivity index (χ1n) is 8.21. The molecule has 0 saturated heterocycles. The highest BCUT2D eigenvalue weighted by molar-refractivity contribution is 6.32. The zero-order valence-corrected chi connectivity index (χ0v) is 14.3. The molecule has 2 aliphatic heterocycles. The van der Waals surface area contributed by atoms with Crippen LogP contribution in [0.4, 0.5) is 10.1 Å². The Morgan fingerprint density at radius 2 is 1.85 bits per heavy atom. The van der Waals surface area contributed by atoms with E-state index >= 15 is 0 Å². The lowest BCUT2D eigenvalue weighted by atomic mass is 9.92. The summed E-state index contributed by atoms with van der Waals surface area (Å²) < 4.78 is 19.5. The Bertz CT molecular complexity index is 1000. The highest BCUT2D eigenvalue weighted by Crippen LogP contribution is 2.44. The molecule has 26 heavy (non-hydrogen) atoms. The molecule has 0 aliphatic carbocycles. The molecular formula is C21H16FNO3. The zero-order valence-electron chi connectivity index (χ0n) is 14.3. The van der Waals surface area contributed by atoms with E-state index in [1.807, 2.05) is 32.1 Å². The molecule has 2 aliphatic rings. The number of benzene rings is 2. The summed E-state index contributed by atoms with van der Waals surface area (Å²) in [5, 5.41) is 2.68. The van der Waals surface area contributed by atoms with Gasteiger partial charge in [0, 0.05) is 16.7 Å². The van der Waals surface area contributed by atoms with Crippen molar-refractivity contribution in [2.45, 2.75) is 19.4 Å². The predicted molar refractivity (Wildman–Crippen MR) is 96.9 cm³/mol. The molecule has 2 aromatic rings. The maximum absolute atomic E-state index is 13.4. The number of carbonyl (C=O) groups is 2. The minimum Gasteiger partial charge on any atom is -0.482 e. The van der Waals surface area contributed by atoms with Gasteiger partial charge in [-0.05, 0) is 43.7 Å². The van der Waals surface area contributed by atoms with Gasteiger partial charge in [0.05, 0.1) is 11.3 Å². The van der Waals surface area contributed by atoms with Gasteiger partial charge >= 0.3 is 0 Å². The standard InChI is InChI=1S/C21H16FNO3/c1-21(2)16(13-5-3-12(11-24)4-6-13)10-18(26-21)19-15-8-7-14(22)9-17(15)23-20(19)25/h3-11H,1-2H3,(H,23,25). The molecular weight excluding hydrogens is 333 g/mol. The summed E-state index contributed by atoms with van der Waals surface area (Å²) in [5.74, 6) is -0.271. The summed E-state index contributed by atoms with van der Waals surface area (Å²) in [5.41, 5.74) is 3.22. The van der Waals surface area contributed by atoms with E-state index in [1.54, 1.807) is 18.2 Å². The van der Waals surface area contributed by atoms with Crippen molar-refractivity contribution < 1.29 is 18.7 Å². The third-order valence-electron chi connectivity index (χ3n) is 4.62. The highest BCUT2D eigenvalue weighted by Gasteiger charge is 2.37. The Hall–Kier alpha value is -3.21. The van der Waals surface area contributed by atoms with E-state index in [-0.39, 0.29) is 5.91 Å². The van der Waals surface area contributed by atoms with Gasteiger partial charge in [-0.1, -0.05) is 24.3 Å². The number of nitrogens with one attached hydrogen (secondary N) is 1. The van der Waals surface area contributed by atoms with E-state index in [4.69, 9.17) is 4.74 Å². The SMILES string of the molecule is CC1(C)OC(=C2C(=O)Nc3cc(F)ccc32)C=C1c1ccc(C=O)cc1. The van der Waals surface area contributed by atoms with Gasteiger partial charge in [0.2, 0.25) is 0 Å². The van der Waals surface area contributed by atoms with Crippen molar-refractivity contribution in [3.05, 3.63) is 76.8 Å². The maximum atomic E-state index is 13.4. The third-order valence-corrected chi connectivity index (χ3v) is 4.62. The van der Waals surface area contributed by atoms with E-state index in [1.165, 1.54) is 12.1 Å². The van der Waals surface area contributed by atoms with Crippen LogP contribution in [-0.4, -0.2) is 17.8 Å². The number of aldehydes is 1. The van der Waals surface area contributed by atoms with Gasteiger partial charge in [0.15, 0.2) is 0 Å². The summed E-state index contributed by atoms with van der Waals surface area (Å²) in [6, 6.07) is 11.4. The van der Waals surface area contributed by atoms with E-state index in [0.29, 0.717) is 28.1 Å². The molecule has 0 bridgehead atoms. The van der Waals surface area contributed by atoms with Crippen molar-refractivity contribution in [1.29, 1.82) is 0 Å². The Balaban J connectivity index is 1.84. The molecule has 0 fully saturated rings. The number of amides is 1. The Morgan fingerprint density at radius 3 is 2.54 bits per heavy atom. The summed E-state index contributed by atoms with van der Waals surface area (Å²) >= 11 is 0. The van der Waals surface area contributed by atoms with Crippen LogP contribution in [0.2, 0.25) is 0 Å². The second-order valence-electron chi connectivity index (χ2n) is 6.79. The smallest absolute Gasteiger partial charge is 0.260 e. The van der Waals surface area contributed by atoms with Crippen LogP contribution >= 0.6 is 0 Å². The number of ether oxygens (including phenoxy) is 1. The molecule has 1 amide bonds. The average Bonchev–Trinajstić information content (AvgIpc) is 3.09. The van der Waals surface area contributed by atoms with Crippen molar-refractivity contribution >= 4 is 29.0 Å². The van der Waals surface area contributed by atoms with Gasteiger partial charge in [0.25, 0.3) is 5.91 Å². The van der Waals surface area contributed by atoms with Gasteiger partial charge in [-0.2, -0.15) is 0 Å². The van der Waals surface area contributed by atoms with Crippen LogP contribution in [0, 0.1) is 5.82 Å². The monoisotopic (exact) mass is 349 g/mol.